The molecule has 2 nitrogen and oxygen atoms in total. The minimum Gasteiger partial charge on any atom is -0.321 e. The fourth-order valence-electron chi connectivity index (χ4n) is 2.08. The number of alkyl halides is 1. The van der Waals surface area contributed by atoms with Crippen molar-refractivity contribution in [2.75, 3.05) is 11.2 Å². The van der Waals surface area contributed by atoms with Gasteiger partial charge < -0.3 is 5.32 Å². The van der Waals surface area contributed by atoms with Crippen LogP contribution < -0.4 is 5.32 Å². The van der Waals surface area contributed by atoms with Gasteiger partial charge in [-0.3, -0.25) is 4.79 Å². The molecule has 4 heteroatoms. The van der Waals surface area contributed by atoms with Crippen LogP contribution in [0.4, 0.5) is 5.69 Å². The van der Waals surface area contributed by atoms with Crippen LogP contribution in [-0.2, 0) is 12.8 Å². The van der Waals surface area contributed by atoms with E-state index in [2.05, 4.69) is 18.3 Å². The van der Waals surface area contributed by atoms with Crippen LogP contribution in [0, 0.1) is 0 Å². The van der Waals surface area contributed by atoms with Crippen LogP contribution in [0.1, 0.15) is 34.1 Å². The largest absolute Gasteiger partial charge is 0.321 e. The smallest absolute Gasteiger partial charge is 0.266 e. The van der Waals surface area contributed by atoms with Crippen LogP contribution >= 0.6 is 22.9 Å². The molecule has 0 radical (unpaired) electrons. The standard InChI is InChI=1S/C16H18ClNOS/c1-2-13-8-10-20-15(13)16(19)18-14-7-3-5-12(11-14)6-4-9-17/h3,5,7-8,10-11H,2,4,6,9H2,1H3,(H,18,19). The van der Waals surface area contributed by atoms with Gasteiger partial charge in [0.05, 0.1) is 4.88 Å². The van der Waals surface area contributed by atoms with Crippen molar-refractivity contribution in [3.8, 4) is 0 Å². The lowest BCUT2D eigenvalue weighted by atomic mass is 10.1. The van der Waals surface area contributed by atoms with Gasteiger partial charge in [0.1, 0.15) is 0 Å². The SMILES string of the molecule is CCc1ccsc1C(=O)Nc1cccc(CCCCl)c1. The highest BCUT2D eigenvalue weighted by Crippen LogP contribution is 2.20. The summed E-state index contributed by atoms with van der Waals surface area (Å²) in [4.78, 5) is 13.1. The van der Waals surface area contributed by atoms with Crippen molar-refractivity contribution in [2.45, 2.75) is 26.2 Å². The number of amides is 1. The van der Waals surface area contributed by atoms with E-state index in [4.69, 9.17) is 11.6 Å². The molecule has 0 saturated carbocycles. The third-order valence-electron chi connectivity index (χ3n) is 3.12. The van der Waals surface area contributed by atoms with Crippen molar-refractivity contribution >= 4 is 34.5 Å². The van der Waals surface area contributed by atoms with Gasteiger partial charge in [0.25, 0.3) is 5.91 Å². The highest BCUT2D eigenvalue weighted by atomic mass is 35.5. The average Bonchev–Trinajstić information content (AvgIpc) is 2.94. The third kappa shape index (κ3) is 3.84. The molecule has 20 heavy (non-hydrogen) atoms. The molecule has 0 atom stereocenters. The number of aryl methyl sites for hydroxylation is 2. The van der Waals surface area contributed by atoms with Crippen LogP contribution in [0.3, 0.4) is 0 Å². The molecule has 1 N–H and O–H groups in total. The number of benzene rings is 1. The van der Waals surface area contributed by atoms with Crippen molar-refractivity contribution in [2.24, 2.45) is 0 Å². The van der Waals surface area contributed by atoms with Crippen LogP contribution in [0.25, 0.3) is 0 Å². The first kappa shape index (κ1) is 15.1. The van der Waals surface area contributed by atoms with Gasteiger partial charge in [-0.2, -0.15) is 0 Å². The second-order valence-corrected chi connectivity index (χ2v) is 5.87. The summed E-state index contributed by atoms with van der Waals surface area (Å²) in [6, 6.07) is 9.97. The lowest BCUT2D eigenvalue weighted by Gasteiger charge is -2.07. The molecule has 1 heterocycles. The number of carbonyl (C=O) groups excluding carboxylic acids is 1. The summed E-state index contributed by atoms with van der Waals surface area (Å²) in [6.07, 6.45) is 2.76. The van der Waals surface area contributed by atoms with Crippen LogP contribution in [0.5, 0.6) is 0 Å². The Labute approximate surface area is 128 Å². The molecule has 106 valence electrons. The Morgan fingerprint density at radius 1 is 1.35 bits per heavy atom. The van der Waals surface area contributed by atoms with E-state index < -0.39 is 0 Å². The molecule has 2 rings (SSSR count). The van der Waals surface area contributed by atoms with Crippen molar-refractivity contribution in [1.29, 1.82) is 0 Å². The van der Waals surface area contributed by atoms with E-state index in [1.54, 1.807) is 0 Å². The molecule has 0 aliphatic heterocycles. The molecule has 2 aromatic rings. The van der Waals surface area contributed by atoms with E-state index in [0.717, 1.165) is 35.4 Å². The maximum Gasteiger partial charge on any atom is 0.266 e. The topological polar surface area (TPSA) is 29.1 Å². The van der Waals surface area contributed by atoms with Gasteiger partial charge in [0, 0.05) is 11.6 Å². The molecule has 0 spiro atoms. The summed E-state index contributed by atoms with van der Waals surface area (Å²) in [5, 5.41) is 4.94. The fraction of sp³-hybridized carbons (Fsp3) is 0.312. The summed E-state index contributed by atoms with van der Waals surface area (Å²) in [5.41, 5.74) is 3.15. The van der Waals surface area contributed by atoms with E-state index in [9.17, 15) is 4.79 Å². The minimum atomic E-state index is -0.0219. The zero-order chi connectivity index (χ0) is 14.4. The Morgan fingerprint density at radius 3 is 2.95 bits per heavy atom. The molecule has 0 unspecified atom stereocenters. The minimum absolute atomic E-state index is 0.0219. The van der Waals surface area contributed by atoms with Crippen molar-refractivity contribution in [1.82, 2.24) is 0 Å². The second kappa shape index (κ2) is 7.46. The van der Waals surface area contributed by atoms with Gasteiger partial charge >= 0.3 is 0 Å². The molecular weight excluding hydrogens is 290 g/mol. The molecule has 1 aromatic heterocycles. The van der Waals surface area contributed by atoms with Gasteiger partial charge in [0.15, 0.2) is 0 Å². The Morgan fingerprint density at radius 2 is 2.20 bits per heavy atom. The first-order chi connectivity index (χ1) is 9.74. The van der Waals surface area contributed by atoms with Gasteiger partial charge in [-0.25, -0.2) is 0 Å². The molecule has 1 amide bonds. The number of rotatable bonds is 6. The van der Waals surface area contributed by atoms with Crippen molar-refractivity contribution in [3.63, 3.8) is 0 Å². The quantitative estimate of drug-likeness (QED) is 0.768. The molecule has 0 aliphatic rings. The Hall–Kier alpha value is -1.32. The molecule has 0 saturated heterocycles. The normalized spacial score (nSPS) is 10.5. The number of hydrogen-bond acceptors (Lipinski definition) is 2. The predicted octanol–water partition coefficient (Wildman–Crippen LogP) is 4.73. The molecule has 1 aromatic carbocycles. The zero-order valence-corrected chi connectivity index (χ0v) is 13.1. The van der Waals surface area contributed by atoms with Crippen LogP contribution in [-0.4, -0.2) is 11.8 Å². The third-order valence-corrected chi connectivity index (χ3v) is 4.34. The highest BCUT2D eigenvalue weighted by Gasteiger charge is 2.12. The number of halogens is 1. The van der Waals surface area contributed by atoms with Gasteiger partial charge in [0.2, 0.25) is 0 Å². The van der Waals surface area contributed by atoms with E-state index in [1.165, 1.54) is 16.9 Å². The molecule has 0 aliphatic carbocycles. The summed E-state index contributed by atoms with van der Waals surface area (Å²) in [5.74, 6) is 0.636. The van der Waals surface area contributed by atoms with E-state index in [-0.39, 0.29) is 5.91 Å². The monoisotopic (exact) mass is 307 g/mol. The van der Waals surface area contributed by atoms with E-state index in [1.807, 2.05) is 29.6 Å². The lowest BCUT2D eigenvalue weighted by molar-refractivity contribution is 0.103. The Bertz CT molecular complexity index is 579. The maximum absolute atomic E-state index is 12.3. The number of anilines is 1. The predicted molar refractivity (Wildman–Crippen MR) is 87.1 cm³/mol. The fourth-order valence-corrected chi connectivity index (χ4v) is 3.10. The molecule has 0 bridgehead atoms. The Balaban J connectivity index is 2.08. The van der Waals surface area contributed by atoms with Crippen LogP contribution in [0.2, 0.25) is 0 Å². The van der Waals surface area contributed by atoms with Crippen molar-refractivity contribution < 1.29 is 4.79 Å². The number of thiophene rings is 1. The van der Waals surface area contributed by atoms with Gasteiger partial charge in [-0.15, -0.1) is 22.9 Å². The number of nitrogens with one attached hydrogen (secondary N) is 1. The summed E-state index contributed by atoms with van der Waals surface area (Å²) < 4.78 is 0. The first-order valence-corrected chi connectivity index (χ1v) is 8.18. The molecular formula is C16H18ClNOS. The van der Waals surface area contributed by atoms with Crippen LogP contribution in [0.15, 0.2) is 35.7 Å². The first-order valence-electron chi connectivity index (χ1n) is 6.77. The average molecular weight is 308 g/mol. The summed E-state index contributed by atoms with van der Waals surface area (Å²) in [6.45, 7) is 2.06. The van der Waals surface area contributed by atoms with Gasteiger partial charge in [-0.1, -0.05) is 19.1 Å². The Kier molecular flexibility index (Phi) is 5.62. The number of hydrogen-bond donors (Lipinski definition) is 1. The van der Waals surface area contributed by atoms with Crippen molar-refractivity contribution in [3.05, 3.63) is 51.7 Å². The second-order valence-electron chi connectivity index (χ2n) is 4.58. The maximum atomic E-state index is 12.3. The summed E-state index contributed by atoms with van der Waals surface area (Å²) >= 11 is 7.20. The highest BCUT2D eigenvalue weighted by molar-refractivity contribution is 7.12. The molecule has 0 fully saturated rings. The zero-order valence-electron chi connectivity index (χ0n) is 11.5. The van der Waals surface area contributed by atoms with E-state index in [0.29, 0.717) is 5.88 Å². The summed E-state index contributed by atoms with van der Waals surface area (Å²) in [7, 11) is 0. The number of carbonyl (C=O) groups is 1. The lowest BCUT2D eigenvalue weighted by Crippen LogP contribution is -2.12. The van der Waals surface area contributed by atoms with Gasteiger partial charge in [-0.05, 0) is 54.0 Å². The van der Waals surface area contributed by atoms with E-state index >= 15 is 0 Å².